The number of rotatable bonds is 12. The molecule has 0 aliphatic carbocycles. The summed E-state index contributed by atoms with van der Waals surface area (Å²) < 4.78 is 0. The maximum atomic E-state index is 12.1. The van der Waals surface area contributed by atoms with Gasteiger partial charge in [-0.25, -0.2) is 0 Å². The first-order chi connectivity index (χ1) is 10.7. The van der Waals surface area contributed by atoms with Gasteiger partial charge < -0.3 is 0 Å². The molecule has 0 spiro atoms. The zero-order valence-corrected chi connectivity index (χ0v) is 13.6. The Bertz CT molecular complexity index is 423. The summed E-state index contributed by atoms with van der Waals surface area (Å²) in [7, 11) is 0. The van der Waals surface area contributed by atoms with E-state index in [4.69, 9.17) is 0 Å². The second-order valence-corrected chi connectivity index (χ2v) is 5.76. The first kappa shape index (κ1) is 18.6. The van der Waals surface area contributed by atoms with Crippen LogP contribution in [0, 0.1) is 13.8 Å². The fraction of sp³-hybridized carbons (Fsp3) is 0.500. The van der Waals surface area contributed by atoms with Crippen molar-refractivity contribution < 1.29 is 9.59 Å². The average molecular weight is 300 g/mol. The lowest BCUT2D eigenvalue weighted by Crippen LogP contribution is -2.04. The van der Waals surface area contributed by atoms with Crippen LogP contribution in [0.15, 0.2) is 24.3 Å². The molecule has 0 bridgehead atoms. The summed E-state index contributed by atoms with van der Waals surface area (Å²) >= 11 is 0. The van der Waals surface area contributed by atoms with Crippen LogP contribution in [0.25, 0.3) is 0 Å². The highest BCUT2D eigenvalue weighted by molar-refractivity contribution is 6.01. The Morgan fingerprint density at radius 3 is 1.59 bits per heavy atom. The summed E-state index contributed by atoms with van der Waals surface area (Å²) in [6, 6.07) is 7.19. The van der Waals surface area contributed by atoms with Gasteiger partial charge in [0.15, 0.2) is 11.6 Å². The third-order valence-electron chi connectivity index (χ3n) is 3.81. The Hall–Kier alpha value is -1.44. The quantitative estimate of drug-likeness (QED) is 0.371. The molecule has 0 heterocycles. The molecular weight excluding hydrogens is 272 g/mol. The summed E-state index contributed by atoms with van der Waals surface area (Å²) in [5.41, 5.74) is 1.33. The highest BCUT2D eigenvalue weighted by atomic mass is 16.1. The van der Waals surface area contributed by atoms with E-state index in [0.717, 1.165) is 51.4 Å². The molecule has 0 saturated heterocycles. The van der Waals surface area contributed by atoms with E-state index < -0.39 is 0 Å². The summed E-state index contributed by atoms with van der Waals surface area (Å²) in [5.74, 6) is 0.270. The second-order valence-electron chi connectivity index (χ2n) is 5.76. The van der Waals surface area contributed by atoms with Gasteiger partial charge >= 0.3 is 0 Å². The van der Waals surface area contributed by atoms with Crippen LogP contribution in [0.5, 0.6) is 0 Å². The van der Waals surface area contributed by atoms with Crippen molar-refractivity contribution in [2.75, 3.05) is 0 Å². The lowest BCUT2D eigenvalue weighted by molar-refractivity contribution is 0.0978. The highest BCUT2D eigenvalue weighted by Gasteiger charge is 2.10. The Morgan fingerprint density at radius 1 is 0.727 bits per heavy atom. The van der Waals surface area contributed by atoms with Gasteiger partial charge in [-0.15, -0.1) is 0 Å². The van der Waals surface area contributed by atoms with Gasteiger partial charge in [-0.2, -0.15) is 0 Å². The Kier molecular flexibility index (Phi) is 9.45. The Balaban J connectivity index is 2.50. The lowest BCUT2D eigenvalue weighted by Gasteiger charge is -2.05. The zero-order valence-electron chi connectivity index (χ0n) is 13.6. The van der Waals surface area contributed by atoms with E-state index in [0.29, 0.717) is 24.0 Å². The van der Waals surface area contributed by atoms with Crippen molar-refractivity contribution in [1.29, 1.82) is 0 Å². The maximum absolute atomic E-state index is 12.1. The molecule has 1 aromatic rings. The van der Waals surface area contributed by atoms with E-state index in [2.05, 4.69) is 13.8 Å². The molecule has 0 amide bonds. The number of hydrogen-bond acceptors (Lipinski definition) is 2. The Labute approximate surface area is 135 Å². The molecule has 0 N–H and O–H groups in total. The van der Waals surface area contributed by atoms with Crippen LogP contribution in [0.3, 0.4) is 0 Å². The van der Waals surface area contributed by atoms with Gasteiger partial charge in [0.2, 0.25) is 0 Å². The number of Topliss-reactive ketones (excluding diaryl/α,β-unsaturated/α-hetero) is 2. The molecule has 1 aromatic carbocycles. The SMILES string of the molecule is [CH2]CCCCCC(=O)c1cccc(C(=O)CCCCC[CH2])c1. The fourth-order valence-corrected chi connectivity index (χ4v) is 2.43. The van der Waals surface area contributed by atoms with Crippen LogP contribution in [-0.4, -0.2) is 11.6 Å². The average Bonchev–Trinajstić information content (AvgIpc) is 2.55. The highest BCUT2D eigenvalue weighted by Crippen LogP contribution is 2.14. The first-order valence-electron chi connectivity index (χ1n) is 8.44. The minimum atomic E-state index is 0.135. The molecule has 120 valence electrons. The lowest BCUT2D eigenvalue weighted by atomic mass is 9.98. The third-order valence-corrected chi connectivity index (χ3v) is 3.81. The smallest absolute Gasteiger partial charge is 0.162 e. The maximum Gasteiger partial charge on any atom is 0.162 e. The monoisotopic (exact) mass is 300 g/mol. The van der Waals surface area contributed by atoms with Crippen molar-refractivity contribution >= 4 is 11.6 Å². The number of unbranched alkanes of at least 4 members (excludes halogenated alkanes) is 6. The minimum absolute atomic E-state index is 0.135. The van der Waals surface area contributed by atoms with Gasteiger partial charge in [-0.3, -0.25) is 9.59 Å². The van der Waals surface area contributed by atoms with E-state index in [9.17, 15) is 9.59 Å². The van der Waals surface area contributed by atoms with Crippen molar-refractivity contribution in [3.63, 3.8) is 0 Å². The fourth-order valence-electron chi connectivity index (χ4n) is 2.43. The first-order valence-corrected chi connectivity index (χ1v) is 8.44. The largest absolute Gasteiger partial charge is 0.294 e. The Morgan fingerprint density at radius 2 is 1.18 bits per heavy atom. The van der Waals surface area contributed by atoms with Gasteiger partial charge in [-0.1, -0.05) is 70.6 Å². The van der Waals surface area contributed by atoms with E-state index in [-0.39, 0.29) is 11.6 Å². The summed E-state index contributed by atoms with van der Waals surface area (Å²) in [6.45, 7) is 7.60. The molecule has 0 saturated carbocycles. The van der Waals surface area contributed by atoms with Gasteiger partial charge in [0, 0.05) is 24.0 Å². The van der Waals surface area contributed by atoms with Crippen molar-refractivity contribution in [2.24, 2.45) is 0 Å². The topological polar surface area (TPSA) is 34.1 Å². The molecule has 0 aromatic heterocycles. The van der Waals surface area contributed by atoms with E-state index in [1.165, 1.54) is 0 Å². The van der Waals surface area contributed by atoms with Gasteiger partial charge in [0.1, 0.15) is 0 Å². The van der Waals surface area contributed by atoms with Crippen LogP contribution in [0.4, 0.5) is 0 Å². The van der Waals surface area contributed by atoms with E-state index in [1.807, 2.05) is 18.2 Å². The van der Waals surface area contributed by atoms with Crippen LogP contribution >= 0.6 is 0 Å². The molecule has 2 nitrogen and oxygen atoms in total. The van der Waals surface area contributed by atoms with Gasteiger partial charge in [0.05, 0.1) is 0 Å². The molecule has 0 atom stereocenters. The molecule has 0 aliphatic rings. The van der Waals surface area contributed by atoms with Crippen LogP contribution < -0.4 is 0 Å². The zero-order chi connectivity index (χ0) is 16.2. The molecule has 0 unspecified atom stereocenters. The van der Waals surface area contributed by atoms with Gasteiger partial charge in [0.25, 0.3) is 0 Å². The van der Waals surface area contributed by atoms with Crippen LogP contribution in [-0.2, 0) is 0 Å². The van der Waals surface area contributed by atoms with Crippen LogP contribution in [0.1, 0.15) is 84.9 Å². The predicted octanol–water partition coefficient (Wildman–Crippen LogP) is 5.62. The summed E-state index contributed by atoms with van der Waals surface area (Å²) in [6.07, 6.45) is 8.98. The second kappa shape index (κ2) is 11.2. The number of ketones is 2. The molecule has 2 radical (unpaired) electrons. The van der Waals surface area contributed by atoms with Crippen molar-refractivity contribution in [3.8, 4) is 0 Å². The molecule has 22 heavy (non-hydrogen) atoms. The van der Waals surface area contributed by atoms with Crippen molar-refractivity contribution in [1.82, 2.24) is 0 Å². The van der Waals surface area contributed by atoms with Crippen molar-refractivity contribution in [2.45, 2.75) is 64.2 Å². The standard InChI is InChI=1S/C20H28O2/c1-3-5-7-9-14-19(21)17-12-11-13-18(16-17)20(22)15-10-8-6-4-2/h11-13,16H,1-10,14-15H2. The number of hydrogen-bond donors (Lipinski definition) is 0. The van der Waals surface area contributed by atoms with E-state index >= 15 is 0 Å². The normalized spacial score (nSPS) is 10.6. The summed E-state index contributed by atoms with van der Waals surface area (Å²) in [5, 5.41) is 0. The molecule has 2 heteroatoms. The third kappa shape index (κ3) is 7.02. The number of carbonyl (C=O) groups excluding carboxylic acids is 2. The van der Waals surface area contributed by atoms with E-state index in [1.54, 1.807) is 6.07 Å². The summed E-state index contributed by atoms with van der Waals surface area (Å²) in [4.78, 5) is 24.3. The predicted molar refractivity (Wildman–Crippen MR) is 92.0 cm³/mol. The van der Waals surface area contributed by atoms with Crippen LogP contribution in [0.2, 0.25) is 0 Å². The minimum Gasteiger partial charge on any atom is -0.294 e. The molecule has 0 aliphatic heterocycles. The number of benzene rings is 1. The molecule has 0 fully saturated rings. The van der Waals surface area contributed by atoms with Crippen molar-refractivity contribution in [3.05, 3.63) is 49.2 Å². The molecule has 1 rings (SSSR count). The van der Waals surface area contributed by atoms with Gasteiger partial charge in [-0.05, 0) is 18.9 Å². The number of carbonyl (C=O) groups is 2. The molecular formula is C20H28O2.